The van der Waals surface area contributed by atoms with Crippen molar-refractivity contribution in [2.45, 2.75) is 0 Å². The van der Waals surface area contributed by atoms with Gasteiger partial charge in [-0.05, 0) is 12.1 Å². The van der Waals surface area contributed by atoms with E-state index >= 15 is 0 Å². The van der Waals surface area contributed by atoms with Gasteiger partial charge in [0, 0.05) is 25.8 Å². The molecule has 1 aromatic carbocycles. The average Bonchev–Trinajstić information content (AvgIpc) is 2.85. The molecule has 0 fully saturated rings. The van der Waals surface area contributed by atoms with Crippen molar-refractivity contribution in [2.75, 3.05) is 36.8 Å². The van der Waals surface area contributed by atoms with Gasteiger partial charge >= 0.3 is 0 Å². The van der Waals surface area contributed by atoms with Crippen molar-refractivity contribution >= 4 is 23.5 Å². The summed E-state index contributed by atoms with van der Waals surface area (Å²) in [7, 11) is 3.66. The van der Waals surface area contributed by atoms with Gasteiger partial charge in [0.1, 0.15) is 0 Å². The van der Waals surface area contributed by atoms with Crippen LogP contribution in [0, 0.1) is 0 Å². The summed E-state index contributed by atoms with van der Waals surface area (Å²) in [5.41, 5.74) is 6.45. The molecular weight excluding hydrogens is 260 g/mol. The van der Waals surface area contributed by atoms with Crippen LogP contribution in [-0.2, 0) is 0 Å². The summed E-state index contributed by atoms with van der Waals surface area (Å²) >= 11 is 0. The highest BCUT2D eigenvalue weighted by atomic mass is 16.7. The molecule has 20 heavy (non-hydrogen) atoms. The van der Waals surface area contributed by atoms with Crippen LogP contribution in [-0.4, -0.2) is 35.8 Å². The van der Waals surface area contributed by atoms with Gasteiger partial charge in [0.05, 0.1) is 0 Å². The molecule has 3 N–H and O–H groups in total. The van der Waals surface area contributed by atoms with Gasteiger partial charge < -0.3 is 25.4 Å². The van der Waals surface area contributed by atoms with Gasteiger partial charge in [-0.25, -0.2) is 0 Å². The number of nitrogens with one attached hydrogen (secondary N) is 1. The first-order chi connectivity index (χ1) is 9.61. The fraction of sp³-hybridized carbons (Fsp3) is 0.250. The number of nitrogens with two attached hydrogens (primary N) is 1. The van der Waals surface area contributed by atoms with Gasteiger partial charge in [-0.15, -0.1) is 0 Å². The third-order valence-electron chi connectivity index (χ3n) is 2.67. The minimum Gasteiger partial charge on any atom is -0.454 e. The molecule has 0 unspecified atom stereocenters. The Morgan fingerprint density at radius 2 is 1.95 bits per heavy atom. The maximum atomic E-state index is 5.67. The molecule has 0 saturated heterocycles. The van der Waals surface area contributed by atoms with Crippen molar-refractivity contribution < 1.29 is 9.47 Å². The summed E-state index contributed by atoms with van der Waals surface area (Å²) in [4.78, 5) is 14.1. The van der Waals surface area contributed by atoms with Gasteiger partial charge in [-0.1, -0.05) is 0 Å². The molecule has 0 amide bonds. The predicted molar refractivity (Wildman–Crippen MR) is 74.4 cm³/mol. The second-order valence-electron chi connectivity index (χ2n) is 4.40. The van der Waals surface area contributed by atoms with Crippen LogP contribution in [0.3, 0.4) is 0 Å². The highest BCUT2D eigenvalue weighted by Gasteiger charge is 2.14. The number of fused-ring (bicyclic) bond motifs is 1. The number of nitrogens with zero attached hydrogens (tertiary/aromatic N) is 4. The van der Waals surface area contributed by atoms with Crippen molar-refractivity contribution in [1.82, 2.24) is 15.0 Å². The number of hydrogen-bond acceptors (Lipinski definition) is 8. The van der Waals surface area contributed by atoms with E-state index in [-0.39, 0.29) is 12.7 Å². The van der Waals surface area contributed by atoms with Gasteiger partial charge in [-0.2, -0.15) is 15.0 Å². The molecule has 0 spiro atoms. The number of aromatic nitrogens is 3. The summed E-state index contributed by atoms with van der Waals surface area (Å²) < 4.78 is 10.6. The largest absolute Gasteiger partial charge is 0.454 e. The Morgan fingerprint density at radius 3 is 2.75 bits per heavy atom. The lowest BCUT2D eigenvalue weighted by Gasteiger charge is -2.12. The summed E-state index contributed by atoms with van der Waals surface area (Å²) in [6, 6.07) is 5.49. The predicted octanol–water partition coefficient (Wildman–Crippen LogP) is 0.992. The van der Waals surface area contributed by atoms with Crippen LogP contribution >= 0.6 is 0 Å². The van der Waals surface area contributed by atoms with Crippen LogP contribution in [0.25, 0.3) is 0 Å². The monoisotopic (exact) mass is 274 g/mol. The molecule has 0 aliphatic carbocycles. The smallest absolute Gasteiger partial charge is 0.233 e. The van der Waals surface area contributed by atoms with Crippen molar-refractivity contribution in [1.29, 1.82) is 0 Å². The summed E-state index contributed by atoms with van der Waals surface area (Å²) in [6.07, 6.45) is 0. The number of nitrogen functional groups attached to an aromatic ring is 1. The molecule has 0 saturated carbocycles. The lowest BCUT2D eigenvalue weighted by atomic mass is 10.3. The summed E-state index contributed by atoms with van der Waals surface area (Å²) in [5, 5.41) is 3.07. The van der Waals surface area contributed by atoms with Crippen molar-refractivity contribution in [3.8, 4) is 11.5 Å². The van der Waals surface area contributed by atoms with E-state index in [1.165, 1.54) is 0 Å². The number of benzene rings is 1. The minimum atomic E-state index is 0.159. The van der Waals surface area contributed by atoms with Crippen LogP contribution < -0.4 is 25.4 Å². The van der Waals surface area contributed by atoms with Crippen LogP contribution in [0.1, 0.15) is 0 Å². The van der Waals surface area contributed by atoms with Crippen LogP contribution in [0.4, 0.5) is 23.5 Å². The maximum Gasteiger partial charge on any atom is 0.233 e. The molecule has 2 heterocycles. The highest BCUT2D eigenvalue weighted by molar-refractivity contribution is 5.61. The zero-order valence-corrected chi connectivity index (χ0v) is 11.1. The molecule has 2 aromatic rings. The Hall–Kier alpha value is -2.77. The molecule has 1 aliphatic rings. The topological polar surface area (TPSA) is 98.4 Å². The van der Waals surface area contributed by atoms with Crippen molar-refractivity contribution in [3.05, 3.63) is 18.2 Å². The molecule has 3 rings (SSSR count). The Morgan fingerprint density at radius 1 is 1.15 bits per heavy atom. The van der Waals surface area contributed by atoms with Gasteiger partial charge in [0.2, 0.25) is 24.6 Å². The standard InChI is InChI=1S/C12H14N6O2/c1-18(2)12-16-10(13)15-11(17-12)14-7-3-4-8-9(5-7)20-6-19-8/h3-5H,6H2,1-2H3,(H3,13,14,15,16,17). The normalized spacial score (nSPS) is 12.3. The quantitative estimate of drug-likeness (QED) is 0.855. The molecule has 1 aromatic heterocycles. The zero-order valence-electron chi connectivity index (χ0n) is 11.1. The van der Waals surface area contributed by atoms with E-state index in [0.717, 1.165) is 11.4 Å². The number of ether oxygens (including phenoxy) is 2. The Balaban J connectivity index is 1.87. The van der Waals surface area contributed by atoms with Crippen LogP contribution in [0.15, 0.2) is 18.2 Å². The first-order valence-electron chi connectivity index (χ1n) is 5.97. The third-order valence-corrected chi connectivity index (χ3v) is 2.67. The van der Waals surface area contributed by atoms with E-state index < -0.39 is 0 Å². The molecule has 104 valence electrons. The lowest BCUT2D eigenvalue weighted by Crippen LogP contribution is -2.15. The van der Waals surface area contributed by atoms with E-state index in [1.54, 1.807) is 4.90 Å². The lowest BCUT2D eigenvalue weighted by molar-refractivity contribution is 0.174. The Bertz CT molecular complexity index is 646. The Labute approximate surface area is 115 Å². The maximum absolute atomic E-state index is 5.67. The molecule has 0 bridgehead atoms. The van der Waals surface area contributed by atoms with E-state index in [2.05, 4.69) is 20.3 Å². The molecule has 0 radical (unpaired) electrons. The van der Waals surface area contributed by atoms with Gasteiger partial charge in [0.25, 0.3) is 0 Å². The second-order valence-corrected chi connectivity index (χ2v) is 4.40. The van der Waals surface area contributed by atoms with E-state index in [9.17, 15) is 0 Å². The number of anilines is 4. The zero-order chi connectivity index (χ0) is 14.1. The van der Waals surface area contributed by atoms with Gasteiger partial charge in [0.15, 0.2) is 11.5 Å². The van der Waals surface area contributed by atoms with Crippen LogP contribution in [0.5, 0.6) is 11.5 Å². The molecule has 1 aliphatic heterocycles. The molecule has 8 heteroatoms. The summed E-state index contributed by atoms with van der Waals surface area (Å²) in [5.74, 6) is 2.43. The van der Waals surface area contributed by atoms with Crippen molar-refractivity contribution in [3.63, 3.8) is 0 Å². The third kappa shape index (κ3) is 2.35. The average molecular weight is 274 g/mol. The summed E-state index contributed by atoms with van der Waals surface area (Å²) in [6.45, 7) is 0.238. The van der Waals surface area contributed by atoms with Gasteiger partial charge in [-0.3, -0.25) is 0 Å². The molecule has 0 atom stereocenters. The first kappa shape index (κ1) is 12.3. The van der Waals surface area contributed by atoms with E-state index in [1.807, 2.05) is 32.3 Å². The Kier molecular flexibility index (Phi) is 2.90. The SMILES string of the molecule is CN(C)c1nc(N)nc(Nc2ccc3c(c2)OCO3)n1. The molecular formula is C12H14N6O2. The van der Waals surface area contributed by atoms with E-state index in [0.29, 0.717) is 17.6 Å². The molecule has 8 nitrogen and oxygen atoms in total. The highest BCUT2D eigenvalue weighted by Crippen LogP contribution is 2.34. The minimum absolute atomic E-state index is 0.159. The van der Waals surface area contributed by atoms with E-state index in [4.69, 9.17) is 15.2 Å². The fourth-order valence-corrected chi connectivity index (χ4v) is 1.74. The first-order valence-corrected chi connectivity index (χ1v) is 5.97. The second kappa shape index (κ2) is 4.72. The van der Waals surface area contributed by atoms with Crippen molar-refractivity contribution in [2.24, 2.45) is 0 Å². The fourth-order valence-electron chi connectivity index (χ4n) is 1.74. The number of rotatable bonds is 3. The van der Waals surface area contributed by atoms with Crippen LogP contribution in [0.2, 0.25) is 0 Å². The number of hydrogen-bond donors (Lipinski definition) is 2.